The molecule has 32 heavy (non-hydrogen) atoms. The lowest BCUT2D eigenvalue weighted by Crippen LogP contribution is -2.28. The Hall–Kier alpha value is -3.86. The molecule has 0 aliphatic rings. The van der Waals surface area contributed by atoms with E-state index in [-0.39, 0.29) is 23.5 Å². The maximum atomic E-state index is 12.2. The summed E-state index contributed by atoms with van der Waals surface area (Å²) in [5, 5.41) is 16.8. The molecule has 1 amide bonds. The Morgan fingerprint density at radius 1 is 1.03 bits per heavy atom. The summed E-state index contributed by atoms with van der Waals surface area (Å²) in [5.74, 6) is -0.295. The van der Waals surface area contributed by atoms with E-state index >= 15 is 0 Å². The molecule has 0 radical (unpaired) electrons. The number of hydrogen-bond acceptors (Lipinski definition) is 9. The first-order chi connectivity index (χ1) is 15.4. The van der Waals surface area contributed by atoms with Gasteiger partial charge in [0.1, 0.15) is 5.69 Å². The van der Waals surface area contributed by atoms with Gasteiger partial charge >= 0.3 is 5.97 Å². The van der Waals surface area contributed by atoms with Gasteiger partial charge < -0.3 is 29.6 Å². The minimum atomic E-state index is -0.849. The minimum Gasteiger partial charge on any atom is -0.493 e. The molecule has 0 fully saturated rings. The number of carbonyl (C=O) groups excluding carboxylic acids is 2. The van der Waals surface area contributed by atoms with E-state index in [2.05, 4.69) is 10.6 Å². The lowest BCUT2D eigenvalue weighted by molar-refractivity contribution is -0.384. The molecule has 0 spiro atoms. The zero-order chi connectivity index (χ0) is 23.5. The van der Waals surface area contributed by atoms with Gasteiger partial charge in [-0.2, -0.15) is 0 Å². The number of amides is 1. The lowest BCUT2D eigenvalue weighted by atomic mass is 10.1. The Labute approximate surface area is 184 Å². The molecule has 11 heteroatoms. The van der Waals surface area contributed by atoms with E-state index in [1.165, 1.54) is 33.5 Å². The third kappa shape index (κ3) is 6.84. The number of nitro groups is 1. The third-order valence-electron chi connectivity index (χ3n) is 4.32. The number of benzene rings is 2. The normalized spacial score (nSPS) is 10.2. The quantitative estimate of drug-likeness (QED) is 0.217. The van der Waals surface area contributed by atoms with Crippen molar-refractivity contribution in [2.75, 3.05) is 46.4 Å². The van der Waals surface area contributed by atoms with Gasteiger partial charge in [0.25, 0.3) is 11.6 Å². The van der Waals surface area contributed by atoms with Crippen LogP contribution in [0.25, 0.3) is 0 Å². The second kappa shape index (κ2) is 12.1. The van der Waals surface area contributed by atoms with Crippen LogP contribution in [0.4, 0.5) is 11.4 Å². The predicted molar refractivity (Wildman–Crippen MR) is 115 cm³/mol. The Balaban J connectivity index is 1.92. The smallest absolute Gasteiger partial charge is 0.338 e. The highest BCUT2D eigenvalue weighted by molar-refractivity contribution is 5.93. The number of esters is 1. The van der Waals surface area contributed by atoms with Crippen LogP contribution in [0.5, 0.6) is 11.5 Å². The van der Waals surface area contributed by atoms with E-state index in [0.717, 1.165) is 11.6 Å². The van der Waals surface area contributed by atoms with Crippen LogP contribution < -0.4 is 20.1 Å². The van der Waals surface area contributed by atoms with Crippen LogP contribution in [0.1, 0.15) is 15.9 Å². The number of hydrogen-bond donors (Lipinski definition) is 2. The third-order valence-corrected chi connectivity index (χ3v) is 4.32. The van der Waals surface area contributed by atoms with Gasteiger partial charge in [0.15, 0.2) is 18.1 Å². The monoisotopic (exact) mass is 447 g/mol. The fraction of sp³-hybridized carbons (Fsp3) is 0.333. The van der Waals surface area contributed by atoms with Crippen LogP contribution in [0, 0.1) is 10.1 Å². The number of nitrogens with zero attached hydrogens (tertiary/aromatic N) is 1. The molecule has 0 saturated carbocycles. The Bertz CT molecular complexity index is 964. The molecule has 2 aromatic carbocycles. The van der Waals surface area contributed by atoms with Crippen molar-refractivity contribution in [2.45, 2.75) is 6.54 Å². The molecule has 2 N–H and O–H groups in total. The molecule has 0 heterocycles. The molecule has 2 rings (SSSR count). The minimum absolute atomic E-state index is 0.0401. The SMILES string of the molecule is COCCNc1ccc(C(=O)OCC(=O)NCc2ccc(OC)c(OC)c2)cc1[N+](=O)[O-]. The number of nitrogens with one attached hydrogen (secondary N) is 2. The lowest BCUT2D eigenvalue weighted by Gasteiger charge is -2.11. The van der Waals surface area contributed by atoms with Crippen molar-refractivity contribution >= 4 is 23.3 Å². The topological polar surface area (TPSA) is 138 Å². The molecule has 0 saturated heterocycles. The van der Waals surface area contributed by atoms with Crippen molar-refractivity contribution < 1.29 is 33.5 Å². The van der Waals surface area contributed by atoms with Gasteiger partial charge in [-0.25, -0.2) is 4.79 Å². The van der Waals surface area contributed by atoms with E-state index in [9.17, 15) is 19.7 Å². The van der Waals surface area contributed by atoms with Gasteiger partial charge in [0, 0.05) is 26.3 Å². The zero-order valence-electron chi connectivity index (χ0n) is 18.0. The fourth-order valence-electron chi connectivity index (χ4n) is 2.70. The Morgan fingerprint density at radius 2 is 1.78 bits per heavy atom. The largest absolute Gasteiger partial charge is 0.493 e. The molecular weight excluding hydrogens is 422 g/mol. The van der Waals surface area contributed by atoms with Crippen LogP contribution in [-0.4, -0.2) is 57.9 Å². The van der Waals surface area contributed by atoms with Crippen LogP contribution in [0.2, 0.25) is 0 Å². The molecule has 2 aromatic rings. The van der Waals surface area contributed by atoms with Crippen LogP contribution in [0.3, 0.4) is 0 Å². The number of carbonyl (C=O) groups is 2. The number of nitro benzene ring substituents is 1. The maximum absolute atomic E-state index is 12.2. The molecular formula is C21H25N3O8. The van der Waals surface area contributed by atoms with Gasteiger partial charge in [-0.3, -0.25) is 14.9 Å². The summed E-state index contributed by atoms with van der Waals surface area (Å²) in [4.78, 5) is 35.0. The molecule has 172 valence electrons. The average Bonchev–Trinajstić information content (AvgIpc) is 2.81. The summed E-state index contributed by atoms with van der Waals surface area (Å²) in [5.41, 5.74) is 0.681. The maximum Gasteiger partial charge on any atom is 0.338 e. The highest BCUT2D eigenvalue weighted by atomic mass is 16.6. The Kier molecular flexibility index (Phi) is 9.23. The molecule has 0 aromatic heterocycles. The van der Waals surface area contributed by atoms with E-state index in [1.807, 2.05) is 0 Å². The van der Waals surface area contributed by atoms with Crippen molar-refractivity contribution in [3.63, 3.8) is 0 Å². The molecule has 0 atom stereocenters. The standard InChI is InChI=1S/C21H25N3O8/c1-29-9-8-22-16-6-5-15(11-17(16)24(27)28)21(26)32-13-20(25)23-12-14-4-7-18(30-2)19(10-14)31-3/h4-7,10-11,22H,8-9,12-13H2,1-3H3,(H,23,25). The van der Waals surface area contributed by atoms with E-state index in [4.69, 9.17) is 18.9 Å². The molecule has 0 aliphatic carbocycles. The van der Waals surface area contributed by atoms with Gasteiger partial charge in [-0.15, -0.1) is 0 Å². The second-order valence-corrected chi connectivity index (χ2v) is 6.45. The zero-order valence-corrected chi connectivity index (χ0v) is 18.0. The van der Waals surface area contributed by atoms with Gasteiger partial charge in [-0.05, 0) is 29.8 Å². The van der Waals surface area contributed by atoms with Crippen molar-refractivity contribution in [3.05, 3.63) is 57.6 Å². The van der Waals surface area contributed by atoms with Crippen molar-refractivity contribution in [1.82, 2.24) is 5.32 Å². The van der Waals surface area contributed by atoms with Crippen LogP contribution in [-0.2, 0) is 20.8 Å². The summed E-state index contributed by atoms with van der Waals surface area (Å²) in [6.07, 6.45) is 0. The van der Waals surface area contributed by atoms with Crippen molar-refractivity contribution in [1.29, 1.82) is 0 Å². The molecule has 0 bridgehead atoms. The highest BCUT2D eigenvalue weighted by Crippen LogP contribution is 2.27. The summed E-state index contributed by atoms with van der Waals surface area (Å²) in [6.45, 7) is 0.374. The first-order valence-corrected chi connectivity index (χ1v) is 9.55. The van der Waals surface area contributed by atoms with E-state index in [1.54, 1.807) is 18.2 Å². The van der Waals surface area contributed by atoms with Gasteiger partial charge in [0.2, 0.25) is 0 Å². The van der Waals surface area contributed by atoms with Crippen molar-refractivity contribution in [2.24, 2.45) is 0 Å². The summed E-state index contributed by atoms with van der Waals surface area (Å²) in [7, 11) is 4.54. The highest BCUT2D eigenvalue weighted by Gasteiger charge is 2.19. The predicted octanol–water partition coefficient (Wildman–Crippen LogP) is 2.14. The average molecular weight is 447 g/mol. The number of methoxy groups -OCH3 is 3. The summed E-state index contributed by atoms with van der Waals surface area (Å²) < 4.78 is 20.2. The van der Waals surface area contributed by atoms with Crippen LogP contribution in [0.15, 0.2) is 36.4 Å². The van der Waals surface area contributed by atoms with Crippen LogP contribution >= 0.6 is 0 Å². The summed E-state index contributed by atoms with van der Waals surface area (Å²) >= 11 is 0. The van der Waals surface area contributed by atoms with E-state index in [0.29, 0.717) is 24.7 Å². The fourth-order valence-corrected chi connectivity index (χ4v) is 2.70. The Morgan fingerprint density at radius 3 is 2.44 bits per heavy atom. The summed E-state index contributed by atoms with van der Waals surface area (Å²) in [6, 6.07) is 9.06. The van der Waals surface area contributed by atoms with Gasteiger partial charge in [-0.1, -0.05) is 6.07 Å². The second-order valence-electron chi connectivity index (χ2n) is 6.45. The van der Waals surface area contributed by atoms with E-state index < -0.39 is 23.4 Å². The molecule has 0 aliphatic heterocycles. The number of rotatable bonds is 12. The van der Waals surface area contributed by atoms with Gasteiger partial charge in [0.05, 0.1) is 31.3 Å². The first kappa shape index (κ1) is 24.4. The number of ether oxygens (including phenoxy) is 4. The number of anilines is 1. The molecule has 0 unspecified atom stereocenters. The van der Waals surface area contributed by atoms with Crippen molar-refractivity contribution in [3.8, 4) is 11.5 Å². The first-order valence-electron chi connectivity index (χ1n) is 9.55. The molecule has 11 nitrogen and oxygen atoms in total.